The van der Waals surface area contributed by atoms with Crippen LogP contribution < -0.4 is 0 Å². The maximum absolute atomic E-state index is 11.5. The van der Waals surface area contributed by atoms with E-state index in [1.807, 2.05) is 30.3 Å². The number of aromatic nitrogens is 2. The van der Waals surface area contributed by atoms with Gasteiger partial charge in [-0.25, -0.2) is 9.31 Å². The number of hydrogen-bond donors (Lipinski definition) is 1. The van der Waals surface area contributed by atoms with E-state index in [0.29, 0.717) is 11.2 Å². The molecule has 2 aromatic heterocycles. The van der Waals surface area contributed by atoms with Gasteiger partial charge in [-0.05, 0) is 24.3 Å². The fourth-order valence-corrected chi connectivity index (χ4v) is 2.28. The van der Waals surface area contributed by atoms with Gasteiger partial charge in [0.1, 0.15) is 11.3 Å². The topological polar surface area (TPSA) is 54.6 Å². The lowest BCUT2D eigenvalue weighted by Gasteiger charge is -1.99. The molecule has 3 aromatic rings. The summed E-state index contributed by atoms with van der Waals surface area (Å²) in [5, 5.41) is 13.8. The van der Waals surface area contributed by atoms with Gasteiger partial charge in [-0.3, -0.25) is 0 Å². The molecule has 0 unspecified atom stereocenters. The van der Waals surface area contributed by atoms with E-state index in [4.69, 9.17) is 0 Å². The zero-order chi connectivity index (χ0) is 13.4. The highest BCUT2D eigenvalue weighted by atomic mass is 79.9. The Morgan fingerprint density at radius 3 is 2.58 bits per heavy atom. The molecule has 2 heterocycles. The van der Waals surface area contributed by atoms with Crippen LogP contribution in [0, 0.1) is 0 Å². The van der Waals surface area contributed by atoms with Gasteiger partial charge in [0.25, 0.3) is 0 Å². The van der Waals surface area contributed by atoms with Crippen LogP contribution in [0.2, 0.25) is 0 Å². The predicted octanol–water partition coefficient (Wildman–Crippen LogP) is 3.46. The van der Waals surface area contributed by atoms with Gasteiger partial charge in [-0.1, -0.05) is 34.1 Å². The average Bonchev–Trinajstić information content (AvgIpc) is 2.78. The summed E-state index contributed by atoms with van der Waals surface area (Å²) < 4.78 is 2.53. The van der Waals surface area contributed by atoms with Crippen LogP contribution in [-0.2, 0) is 0 Å². The lowest BCUT2D eigenvalue weighted by molar-refractivity contribution is 0.0700. The third-order valence-corrected chi connectivity index (χ3v) is 3.40. The predicted molar refractivity (Wildman–Crippen MR) is 75.3 cm³/mol. The van der Waals surface area contributed by atoms with Crippen LogP contribution in [0.4, 0.5) is 0 Å². The van der Waals surface area contributed by atoms with Crippen molar-refractivity contribution in [2.75, 3.05) is 0 Å². The van der Waals surface area contributed by atoms with E-state index in [1.54, 1.807) is 22.8 Å². The lowest BCUT2D eigenvalue weighted by Crippen LogP contribution is -1.97. The second-order valence-corrected chi connectivity index (χ2v) is 4.98. The van der Waals surface area contributed by atoms with Crippen LogP contribution in [0.3, 0.4) is 0 Å². The van der Waals surface area contributed by atoms with Crippen LogP contribution in [0.1, 0.15) is 10.4 Å². The standard InChI is InChI=1S/C14H9BrN2O2/c15-10-6-4-9(5-7-10)13-12(14(18)19)11-3-1-2-8-17(11)16-13/h1-8H,(H,18,19). The number of fused-ring (bicyclic) bond motifs is 1. The first-order valence-electron chi connectivity index (χ1n) is 5.63. The largest absolute Gasteiger partial charge is 0.478 e. The van der Waals surface area contributed by atoms with Crippen molar-refractivity contribution in [1.82, 2.24) is 9.61 Å². The minimum Gasteiger partial charge on any atom is -0.478 e. The highest BCUT2D eigenvalue weighted by molar-refractivity contribution is 9.10. The number of carboxylic acid groups (broad SMARTS) is 1. The molecular weight excluding hydrogens is 308 g/mol. The fourth-order valence-electron chi connectivity index (χ4n) is 2.02. The molecule has 0 atom stereocenters. The lowest BCUT2D eigenvalue weighted by atomic mass is 10.1. The van der Waals surface area contributed by atoms with E-state index >= 15 is 0 Å². The summed E-state index contributed by atoms with van der Waals surface area (Å²) in [6, 6.07) is 12.8. The van der Waals surface area contributed by atoms with Crippen molar-refractivity contribution in [1.29, 1.82) is 0 Å². The molecule has 0 aliphatic rings. The number of rotatable bonds is 2. The first-order valence-corrected chi connectivity index (χ1v) is 6.43. The summed E-state index contributed by atoms with van der Waals surface area (Å²) in [6.45, 7) is 0. The van der Waals surface area contributed by atoms with Crippen LogP contribution in [0.25, 0.3) is 16.8 Å². The quantitative estimate of drug-likeness (QED) is 0.787. The van der Waals surface area contributed by atoms with E-state index in [0.717, 1.165) is 10.0 Å². The molecule has 0 radical (unpaired) electrons. The van der Waals surface area contributed by atoms with Gasteiger partial charge >= 0.3 is 5.97 Å². The molecule has 0 fully saturated rings. The Morgan fingerprint density at radius 2 is 1.89 bits per heavy atom. The van der Waals surface area contributed by atoms with E-state index in [2.05, 4.69) is 21.0 Å². The number of hydrogen-bond acceptors (Lipinski definition) is 2. The van der Waals surface area contributed by atoms with Crippen molar-refractivity contribution in [3.63, 3.8) is 0 Å². The molecule has 3 rings (SSSR count). The van der Waals surface area contributed by atoms with Crippen molar-refractivity contribution in [3.8, 4) is 11.3 Å². The van der Waals surface area contributed by atoms with Gasteiger partial charge < -0.3 is 5.11 Å². The molecule has 5 heteroatoms. The molecule has 0 saturated carbocycles. The third kappa shape index (κ3) is 2.02. The molecule has 4 nitrogen and oxygen atoms in total. The highest BCUT2D eigenvalue weighted by Gasteiger charge is 2.19. The molecule has 94 valence electrons. The number of benzene rings is 1. The smallest absolute Gasteiger partial charge is 0.340 e. The second kappa shape index (κ2) is 4.51. The summed E-state index contributed by atoms with van der Waals surface area (Å²) in [4.78, 5) is 11.5. The molecule has 19 heavy (non-hydrogen) atoms. The number of carboxylic acids is 1. The van der Waals surface area contributed by atoms with Gasteiger partial charge in [-0.15, -0.1) is 0 Å². The Bertz CT molecular complexity index is 763. The van der Waals surface area contributed by atoms with Gasteiger partial charge in [0.2, 0.25) is 0 Å². The molecular formula is C14H9BrN2O2. The van der Waals surface area contributed by atoms with E-state index < -0.39 is 5.97 Å². The van der Waals surface area contributed by atoms with Crippen LogP contribution >= 0.6 is 15.9 Å². The van der Waals surface area contributed by atoms with Gasteiger partial charge in [0.05, 0.1) is 5.52 Å². The van der Waals surface area contributed by atoms with Crippen molar-refractivity contribution in [2.45, 2.75) is 0 Å². The number of nitrogens with zero attached hydrogens (tertiary/aromatic N) is 2. The first kappa shape index (κ1) is 11.9. The molecule has 0 aliphatic heterocycles. The SMILES string of the molecule is O=C(O)c1c(-c2ccc(Br)cc2)nn2ccccc12. The highest BCUT2D eigenvalue weighted by Crippen LogP contribution is 2.27. The summed E-state index contributed by atoms with van der Waals surface area (Å²) in [7, 11) is 0. The zero-order valence-electron chi connectivity index (χ0n) is 9.75. The number of aromatic carboxylic acids is 1. The Kier molecular flexibility index (Phi) is 2.83. The monoisotopic (exact) mass is 316 g/mol. The molecule has 0 bridgehead atoms. The summed E-state index contributed by atoms with van der Waals surface area (Å²) in [5.41, 5.74) is 2.08. The maximum Gasteiger partial charge on any atom is 0.340 e. The molecule has 0 amide bonds. The third-order valence-electron chi connectivity index (χ3n) is 2.87. The van der Waals surface area contributed by atoms with Crippen LogP contribution in [0.5, 0.6) is 0 Å². The Morgan fingerprint density at radius 1 is 1.16 bits per heavy atom. The summed E-state index contributed by atoms with van der Waals surface area (Å²) in [5.74, 6) is -0.973. The van der Waals surface area contributed by atoms with Crippen molar-refractivity contribution in [2.24, 2.45) is 0 Å². The van der Waals surface area contributed by atoms with E-state index in [1.165, 1.54) is 0 Å². The Hall–Kier alpha value is -2.14. The second-order valence-electron chi connectivity index (χ2n) is 4.07. The molecule has 1 aromatic carbocycles. The van der Waals surface area contributed by atoms with Gasteiger partial charge in [-0.2, -0.15) is 5.10 Å². The zero-order valence-corrected chi connectivity index (χ0v) is 11.3. The summed E-state index contributed by atoms with van der Waals surface area (Å²) in [6.07, 6.45) is 1.74. The number of halogens is 1. The Balaban J connectivity index is 2.31. The minimum absolute atomic E-state index is 0.225. The van der Waals surface area contributed by atoms with E-state index in [-0.39, 0.29) is 5.56 Å². The summed E-state index contributed by atoms with van der Waals surface area (Å²) >= 11 is 3.36. The number of carbonyl (C=O) groups is 1. The molecule has 0 spiro atoms. The van der Waals surface area contributed by atoms with E-state index in [9.17, 15) is 9.90 Å². The molecule has 0 saturated heterocycles. The van der Waals surface area contributed by atoms with Crippen LogP contribution in [-0.4, -0.2) is 20.7 Å². The van der Waals surface area contributed by atoms with Gasteiger partial charge in [0, 0.05) is 16.2 Å². The fraction of sp³-hybridized carbons (Fsp3) is 0. The van der Waals surface area contributed by atoms with Crippen molar-refractivity contribution >= 4 is 27.4 Å². The van der Waals surface area contributed by atoms with Crippen LogP contribution in [0.15, 0.2) is 53.1 Å². The van der Waals surface area contributed by atoms with Gasteiger partial charge in [0.15, 0.2) is 0 Å². The molecule has 1 N–H and O–H groups in total. The number of pyridine rings is 1. The van der Waals surface area contributed by atoms with Crippen molar-refractivity contribution < 1.29 is 9.90 Å². The van der Waals surface area contributed by atoms with Crippen molar-refractivity contribution in [3.05, 3.63) is 58.7 Å². The average molecular weight is 317 g/mol. The Labute approximate surface area is 117 Å². The first-order chi connectivity index (χ1) is 9.16. The minimum atomic E-state index is -0.973. The normalized spacial score (nSPS) is 10.8. The maximum atomic E-state index is 11.5. The molecule has 0 aliphatic carbocycles.